The summed E-state index contributed by atoms with van der Waals surface area (Å²) < 4.78 is 0. The molecule has 1 rings (SSSR count). The average Bonchev–Trinajstić information content (AvgIpc) is 2.28. The van der Waals surface area contributed by atoms with E-state index in [9.17, 15) is 4.79 Å². The highest BCUT2D eigenvalue weighted by molar-refractivity contribution is 7.98. The van der Waals surface area contributed by atoms with Gasteiger partial charge in [0.05, 0.1) is 12.4 Å². The van der Waals surface area contributed by atoms with Crippen molar-refractivity contribution in [2.45, 2.75) is 12.8 Å². The van der Waals surface area contributed by atoms with Gasteiger partial charge in [0, 0.05) is 6.54 Å². The smallest absolute Gasteiger partial charge is 0.271 e. The zero-order chi connectivity index (χ0) is 11.8. The molecule has 0 bridgehead atoms. The van der Waals surface area contributed by atoms with Crippen LogP contribution in [-0.2, 0) is 0 Å². The molecule has 0 aliphatic rings. The normalized spacial score (nSPS) is 10.1. The first-order valence-electron chi connectivity index (χ1n) is 5.08. The Morgan fingerprint density at radius 1 is 1.50 bits per heavy atom. The van der Waals surface area contributed by atoms with Gasteiger partial charge in [-0.15, -0.1) is 0 Å². The third-order valence-electron chi connectivity index (χ3n) is 1.95. The highest BCUT2D eigenvalue weighted by Gasteiger charge is 2.06. The zero-order valence-corrected chi connectivity index (χ0v) is 10.1. The fourth-order valence-corrected chi connectivity index (χ4v) is 1.65. The Morgan fingerprint density at radius 2 is 2.31 bits per heavy atom. The van der Waals surface area contributed by atoms with Gasteiger partial charge >= 0.3 is 0 Å². The van der Waals surface area contributed by atoms with E-state index in [1.54, 1.807) is 0 Å². The first kappa shape index (κ1) is 12.8. The number of rotatable bonds is 6. The van der Waals surface area contributed by atoms with Gasteiger partial charge in [-0.3, -0.25) is 9.78 Å². The van der Waals surface area contributed by atoms with Crippen molar-refractivity contribution in [3.05, 3.63) is 18.1 Å². The molecule has 16 heavy (non-hydrogen) atoms. The quantitative estimate of drug-likeness (QED) is 0.723. The van der Waals surface area contributed by atoms with Crippen molar-refractivity contribution in [2.75, 3.05) is 24.3 Å². The molecule has 0 aliphatic carbocycles. The third-order valence-corrected chi connectivity index (χ3v) is 2.64. The lowest BCUT2D eigenvalue weighted by Crippen LogP contribution is -2.25. The van der Waals surface area contributed by atoms with E-state index in [4.69, 9.17) is 5.73 Å². The Hall–Kier alpha value is -1.30. The number of thioether (sulfide) groups is 1. The number of nitrogens with two attached hydrogens (primary N) is 1. The standard InChI is InChI=1S/C10H16N4OS/c1-16-5-3-2-4-13-10(15)8-6-12-7-9(11)14-8/h6-7H,2-5H2,1H3,(H2,11,14)(H,13,15). The minimum Gasteiger partial charge on any atom is -0.382 e. The summed E-state index contributed by atoms with van der Waals surface area (Å²) in [5.74, 6) is 1.16. The number of hydrogen-bond acceptors (Lipinski definition) is 5. The number of amides is 1. The fraction of sp³-hybridized carbons (Fsp3) is 0.500. The van der Waals surface area contributed by atoms with Gasteiger partial charge in [-0.1, -0.05) is 0 Å². The average molecular weight is 240 g/mol. The molecule has 1 amide bonds. The highest BCUT2D eigenvalue weighted by Crippen LogP contribution is 1.99. The lowest BCUT2D eigenvalue weighted by atomic mass is 10.3. The van der Waals surface area contributed by atoms with Crippen LogP contribution in [0.1, 0.15) is 23.3 Å². The van der Waals surface area contributed by atoms with Crippen molar-refractivity contribution >= 4 is 23.5 Å². The van der Waals surface area contributed by atoms with E-state index in [1.165, 1.54) is 12.4 Å². The second-order valence-corrected chi connectivity index (χ2v) is 4.27. The first-order valence-corrected chi connectivity index (χ1v) is 6.48. The predicted molar refractivity (Wildman–Crippen MR) is 66.4 cm³/mol. The zero-order valence-electron chi connectivity index (χ0n) is 9.27. The van der Waals surface area contributed by atoms with Crippen LogP contribution in [0.25, 0.3) is 0 Å². The van der Waals surface area contributed by atoms with E-state index in [-0.39, 0.29) is 17.4 Å². The molecule has 1 heterocycles. The SMILES string of the molecule is CSCCCCNC(=O)c1cncc(N)n1. The van der Waals surface area contributed by atoms with Crippen LogP contribution in [0.5, 0.6) is 0 Å². The van der Waals surface area contributed by atoms with E-state index in [1.807, 2.05) is 11.8 Å². The molecule has 3 N–H and O–H groups in total. The minimum atomic E-state index is -0.219. The van der Waals surface area contributed by atoms with Crippen molar-refractivity contribution < 1.29 is 4.79 Å². The Kier molecular flexibility index (Phi) is 5.63. The van der Waals surface area contributed by atoms with Gasteiger partial charge in [0.1, 0.15) is 11.5 Å². The molecule has 0 aromatic carbocycles. The molecule has 0 saturated heterocycles. The Labute approximate surface area is 99.2 Å². The van der Waals surface area contributed by atoms with Crippen LogP contribution < -0.4 is 11.1 Å². The van der Waals surface area contributed by atoms with Gasteiger partial charge in [0.15, 0.2) is 0 Å². The van der Waals surface area contributed by atoms with Gasteiger partial charge in [-0.25, -0.2) is 4.98 Å². The maximum atomic E-state index is 11.6. The van der Waals surface area contributed by atoms with Crippen LogP contribution in [0, 0.1) is 0 Å². The Bertz CT molecular complexity index is 345. The molecule has 1 aromatic rings. The number of hydrogen-bond donors (Lipinski definition) is 2. The summed E-state index contributed by atoms with van der Waals surface area (Å²) in [5, 5.41) is 2.78. The fourth-order valence-electron chi connectivity index (χ4n) is 1.15. The van der Waals surface area contributed by atoms with Crippen molar-refractivity contribution in [2.24, 2.45) is 0 Å². The van der Waals surface area contributed by atoms with Crippen LogP contribution >= 0.6 is 11.8 Å². The number of carbonyl (C=O) groups excluding carboxylic acids is 1. The first-order chi connectivity index (χ1) is 7.74. The summed E-state index contributed by atoms with van der Waals surface area (Å²) in [6.45, 7) is 0.663. The van der Waals surface area contributed by atoms with Gasteiger partial charge < -0.3 is 11.1 Å². The van der Waals surface area contributed by atoms with Crippen LogP contribution in [0.3, 0.4) is 0 Å². The van der Waals surface area contributed by atoms with Gasteiger partial charge in [-0.2, -0.15) is 11.8 Å². The molecule has 5 nitrogen and oxygen atoms in total. The van der Waals surface area contributed by atoms with Crippen molar-refractivity contribution in [1.82, 2.24) is 15.3 Å². The van der Waals surface area contributed by atoms with Crippen molar-refractivity contribution in [3.8, 4) is 0 Å². The Morgan fingerprint density at radius 3 is 3.00 bits per heavy atom. The van der Waals surface area contributed by atoms with Crippen molar-refractivity contribution in [1.29, 1.82) is 0 Å². The topological polar surface area (TPSA) is 80.9 Å². The molecule has 6 heteroatoms. The molecule has 0 saturated carbocycles. The lowest BCUT2D eigenvalue weighted by Gasteiger charge is -2.04. The number of aromatic nitrogens is 2. The van der Waals surface area contributed by atoms with E-state index >= 15 is 0 Å². The largest absolute Gasteiger partial charge is 0.382 e. The third kappa shape index (κ3) is 4.48. The molecule has 0 aliphatic heterocycles. The summed E-state index contributed by atoms with van der Waals surface area (Å²) in [5.41, 5.74) is 5.70. The molecule has 0 radical (unpaired) electrons. The lowest BCUT2D eigenvalue weighted by molar-refractivity contribution is 0.0948. The molecule has 0 atom stereocenters. The summed E-state index contributed by atoms with van der Waals surface area (Å²) >= 11 is 1.81. The molecular weight excluding hydrogens is 224 g/mol. The second-order valence-electron chi connectivity index (χ2n) is 3.28. The number of anilines is 1. The molecule has 0 spiro atoms. The maximum Gasteiger partial charge on any atom is 0.271 e. The van der Waals surface area contributed by atoms with E-state index < -0.39 is 0 Å². The van der Waals surface area contributed by atoms with Crippen LogP contribution in [-0.4, -0.2) is 34.4 Å². The van der Waals surface area contributed by atoms with E-state index in [0.717, 1.165) is 18.6 Å². The minimum absolute atomic E-state index is 0.219. The van der Waals surface area contributed by atoms with Gasteiger partial charge in [0.25, 0.3) is 5.91 Å². The van der Waals surface area contributed by atoms with Gasteiger partial charge in [-0.05, 0) is 24.9 Å². The number of unbranched alkanes of at least 4 members (excludes halogenated alkanes) is 1. The summed E-state index contributed by atoms with van der Waals surface area (Å²) in [4.78, 5) is 19.3. The van der Waals surface area contributed by atoms with Crippen LogP contribution in [0.2, 0.25) is 0 Å². The molecular formula is C10H16N4OS. The number of nitrogens with one attached hydrogen (secondary N) is 1. The Balaban J connectivity index is 2.30. The number of carbonyl (C=O) groups is 1. The molecule has 88 valence electrons. The van der Waals surface area contributed by atoms with E-state index in [0.29, 0.717) is 6.54 Å². The monoisotopic (exact) mass is 240 g/mol. The molecule has 0 unspecified atom stereocenters. The van der Waals surface area contributed by atoms with Crippen molar-refractivity contribution in [3.63, 3.8) is 0 Å². The second kappa shape index (κ2) is 7.05. The number of nitrogen functional groups attached to an aromatic ring is 1. The highest BCUT2D eigenvalue weighted by atomic mass is 32.2. The van der Waals surface area contributed by atoms with Crippen LogP contribution in [0.4, 0.5) is 5.82 Å². The van der Waals surface area contributed by atoms with Crippen LogP contribution in [0.15, 0.2) is 12.4 Å². The maximum absolute atomic E-state index is 11.6. The predicted octanol–water partition coefficient (Wildman–Crippen LogP) is 0.932. The summed E-state index contributed by atoms with van der Waals surface area (Å²) in [7, 11) is 0. The van der Waals surface area contributed by atoms with E-state index in [2.05, 4.69) is 21.5 Å². The molecule has 0 fully saturated rings. The summed E-state index contributed by atoms with van der Waals surface area (Å²) in [6.07, 6.45) is 6.97. The summed E-state index contributed by atoms with van der Waals surface area (Å²) in [6, 6.07) is 0. The number of nitrogens with zero attached hydrogens (tertiary/aromatic N) is 2. The molecule has 1 aromatic heterocycles. The van der Waals surface area contributed by atoms with Gasteiger partial charge in [0.2, 0.25) is 0 Å².